The SMILES string of the molecule is Cc1cc(C(C)Nc2cn[nH]c(=O)c2Cl)c(C)s1. The maximum absolute atomic E-state index is 11.3. The molecule has 0 aliphatic heterocycles. The predicted molar refractivity (Wildman–Crippen MR) is 75.7 cm³/mol. The molecule has 2 aromatic rings. The molecule has 0 saturated carbocycles. The Morgan fingerprint density at radius 2 is 2.22 bits per heavy atom. The second kappa shape index (κ2) is 5.12. The number of nitrogens with one attached hydrogen (secondary N) is 2. The Morgan fingerprint density at radius 1 is 1.50 bits per heavy atom. The molecule has 0 amide bonds. The monoisotopic (exact) mass is 283 g/mol. The first kappa shape index (κ1) is 13.1. The number of nitrogens with zero attached hydrogens (tertiary/aromatic N) is 1. The normalized spacial score (nSPS) is 12.4. The van der Waals surface area contributed by atoms with Gasteiger partial charge in [0, 0.05) is 15.8 Å². The summed E-state index contributed by atoms with van der Waals surface area (Å²) >= 11 is 7.69. The van der Waals surface area contributed by atoms with Crippen LogP contribution in [0.3, 0.4) is 0 Å². The lowest BCUT2D eigenvalue weighted by molar-refractivity contribution is 0.872. The molecule has 0 spiro atoms. The summed E-state index contributed by atoms with van der Waals surface area (Å²) in [7, 11) is 0. The van der Waals surface area contributed by atoms with Crippen molar-refractivity contribution in [1.29, 1.82) is 0 Å². The van der Waals surface area contributed by atoms with Gasteiger partial charge in [-0.15, -0.1) is 11.3 Å². The average Bonchev–Trinajstić information content (AvgIpc) is 2.64. The quantitative estimate of drug-likeness (QED) is 0.909. The Bertz CT molecular complexity index is 620. The number of anilines is 1. The molecule has 0 saturated heterocycles. The molecule has 0 radical (unpaired) electrons. The second-order valence-corrected chi connectivity index (χ2v) is 6.00. The number of hydrogen-bond acceptors (Lipinski definition) is 4. The van der Waals surface area contributed by atoms with E-state index in [-0.39, 0.29) is 16.6 Å². The number of aromatic amines is 1. The maximum Gasteiger partial charge on any atom is 0.285 e. The first-order valence-electron chi connectivity index (χ1n) is 5.55. The van der Waals surface area contributed by atoms with Gasteiger partial charge in [0.2, 0.25) is 0 Å². The molecule has 6 heteroatoms. The Morgan fingerprint density at radius 3 is 2.83 bits per heavy atom. The van der Waals surface area contributed by atoms with Gasteiger partial charge in [-0.05, 0) is 32.4 Å². The molecule has 1 atom stereocenters. The fourth-order valence-electron chi connectivity index (χ4n) is 1.88. The van der Waals surface area contributed by atoms with E-state index < -0.39 is 0 Å². The van der Waals surface area contributed by atoms with E-state index in [1.807, 2.05) is 6.92 Å². The molecule has 2 N–H and O–H groups in total. The lowest BCUT2D eigenvalue weighted by atomic mass is 10.1. The average molecular weight is 284 g/mol. The van der Waals surface area contributed by atoms with E-state index in [1.165, 1.54) is 21.5 Å². The van der Waals surface area contributed by atoms with Crippen molar-refractivity contribution in [2.45, 2.75) is 26.8 Å². The van der Waals surface area contributed by atoms with Crippen molar-refractivity contribution >= 4 is 28.6 Å². The van der Waals surface area contributed by atoms with Crippen molar-refractivity contribution < 1.29 is 0 Å². The van der Waals surface area contributed by atoms with Crippen LogP contribution in [-0.4, -0.2) is 10.2 Å². The highest BCUT2D eigenvalue weighted by molar-refractivity contribution is 7.12. The van der Waals surface area contributed by atoms with Gasteiger partial charge in [-0.1, -0.05) is 11.6 Å². The molecule has 4 nitrogen and oxygen atoms in total. The van der Waals surface area contributed by atoms with E-state index in [2.05, 4.69) is 35.4 Å². The van der Waals surface area contributed by atoms with E-state index in [9.17, 15) is 4.79 Å². The molecule has 96 valence electrons. The Labute approximate surface area is 114 Å². The minimum Gasteiger partial charge on any atom is -0.376 e. The second-order valence-electron chi connectivity index (χ2n) is 4.16. The van der Waals surface area contributed by atoms with E-state index in [1.54, 1.807) is 11.3 Å². The van der Waals surface area contributed by atoms with E-state index in [0.717, 1.165) is 0 Å². The first-order valence-corrected chi connectivity index (χ1v) is 6.75. The summed E-state index contributed by atoms with van der Waals surface area (Å²) in [5.41, 5.74) is 1.39. The highest BCUT2D eigenvalue weighted by atomic mass is 35.5. The minimum atomic E-state index is -0.382. The summed E-state index contributed by atoms with van der Waals surface area (Å²) in [4.78, 5) is 13.9. The number of hydrogen-bond donors (Lipinski definition) is 2. The number of H-pyrrole nitrogens is 1. The van der Waals surface area contributed by atoms with Crippen LogP contribution in [0.5, 0.6) is 0 Å². The lowest BCUT2D eigenvalue weighted by Crippen LogP contribution is -2.14. The molecule has 2 aromatic heterocycles. The minimum absolute atomic E-state index is 0.0797. The van der Waals surface area contributed by atoms with Gasteiger partial charge in [0.15, 0.2) is 0 Å². The highest BCUT2D eigenvalue weighted by Gasteiger charge is 2.13. The van der Waals surface area contributed by atoms with Gasteiger partial charge in [0.05, 0.1) is 11.9 Å². The van der Waals surface area contributed by atoms with Crippen molar-refractivity contribution in [2.75, 3.05) is 5.32 Å². The largest absolute Gasteiger partial charge is 0.376 e. The fraction of sp³-hybridized carbons (Fsp3) is 0.333. The van der Waals surface area contributed by atoms with Gasteiger partial charge < -0.3 is 5.32 Å². The van der Waals surface area contributed by atoms with Crippen LogP contribution in [-0.2, 0) is 0 Å². The number of halogens is 1. The zero-order valence-electron chi connectivity index (χ0n) is 10.4. The van der Waals surface area contributed by atoms with Crippen LogP contribution in [0.25, 0.3) is 0 Å². The first-order chi connectivity index (χ1) is 8.49. The lowest BCUT2D eigenvalue weighted by Gasteiger charge is -2.15. The van der Waals surface area contributed by atoms with Crippen molar-refractivity contribution in [3.05, 3.63) is 43.0 Å². The summed E-state index contributed by atoms with van der Waals surface area (Å²) < 4.78 is 0. The van der Waals surface area contributed by atoms with Crippen LogP contribution >= 0.6 is 22.9 Å². The molecule has 0 aromatic carbocycles. The Hall–Kier alpha value is -1.33. The molecule has 1 unspecified atom stereocenters. The van der Waals surface area contributed by atoms with Crippen molar-refractivity contribution in [2.24, 2.45) is 0 Å². The van der Waals surface area contributed by atoms with Crippen LogP contribution in [0.1, 0.15) is 28.3 Å². The summed E-state index contributed by atoms with van der Waals surface area (Å²) in [5, 5.41) is 9.38. The molecular weight excluding hydrogens is 270 g/mol. The molecule has 2 heterocycles. The third-order valence-corrected chi connectivity index (χ3v) is 4.07. The Kier molecular flexibility index (Phi) is 3.73. The molecule has 0 aliphatic carbocycles. The van der Waals surface area contributed by atoms with Crippen LogP contribution < -0.4 is 10.9 Å². The molecule has 2 rings (SSSR count). The highest BCUT2D eigenvalue weighted by Crippen LogP contribution is 2.29. The van der Waals surface area contributed by atoms with Crippen LogP contribution in [0.15, 0.2) is 17.1 Å². The molecule has 0 fully saturated rings. The number of thiophene rings is 1. The van der Waals surface area contributed by atoms with E-state index >= 15 is 0 Å². The van der Waals surface area contributed by atoms with E-state index in [0.29, 0.717) is 5.69 Å². The van der Waals surface area contributed by atoms with E-state index in [4.69, 9.17) is 11.6 Å². The summed E-state index contributed by atoms with van der Waals surface area (Å²) in [6.45, 7) is 6.20. The van der Waals surface area contributed by atoms with Crippen LogP contribution in [0.4, 0.5) is 5.69 Å². The zero-order valence-corrected chi connectivity index (χ0v) is 11.9. The molecular formula is C12H14ClN3OS. The van der Waals surface area contributed by atoms with Gasteiger partial charge in [0.1, 0.15) is 5.02 Å². The van der Waals surface area contributed by atoms with Gasteiger partial charge in [-0.3, -0.25) is 4.79 Å². The summed E-state index contributed by atoms with van der Waals surface area (Å²) in [5.74, 6) is 0. The smallest absolute Gasteiger partial charge is 0.285 e. The predicted octanol–water partition coefficient (Wildman–Crippen LogP) is 3.27. The maximum atomic E-state index is 11.3. The third kappa shape index (κ3) is 2.57. The van der Waals surface area contributed by atoms with Gasteiger partial charge in [-0.2, -0.15) is 5.10 Å². The summed E-state index contributed by atoms with van der Waals surface area (Å²) in [6, 6.07) is 2.22. The molecule has 0 aliphatic rings. The van der Waals surface area contributed by atoms with Crippen molar-refractivity contribution in [3.8, 4) is 0 Å². The van der Waals surface area contributed by atoms with Crippen LogP contribution in [0.2, 0.25) is 5.02 Å². The standard InChI is InChI=1S/C12H14ClN3OS/c1-6-4-9(8(3)18-6)7(2)15-10-5-14-16-12(17)11(10)13/h4-5,7H,1-3H3,(H2,15,16,17). The van der Waals surface area contributed by atoms with Crippen molar-refractivity contribution in [3.63, 3.8) is 0 Å². The number of rotatable bonds is 3. The number of aryl methyl sites for hydroxylation is 2. The van der Waals surface area contributed by atoms with Crippen LogP contribution in [0, 0.1) is 13.8 Å². The van der Waals surface area contributed by atoms with Crippen molar-refractivity contribution in [1.82, 2.24) is 10.2 Å². The van der Waals surface area contributed by atoms with Gasteiger partial charge in [0.25, 0.3) is 5.56 Å². The zero-order chi connectivity index (χ0) is 13.3. The number of aromatic nitrogens is 2. The topological polar surface area (TPSA) is 57.8 Å². The summed E-state index contributed by atoms with van der Waals surface area (Å²) in [6.07, 6.45) is 1.52. The molecule has 18 heavy (non-hydrogen) atoms. The Balaban J connectivity index is 2.26. The fourth-order valence-corrected chi connectivity index (χ4v) is 3.04. The molecule has 0 bridgehead atoms. The third-order valence-electron chi connectivity index (χ3n) is 2.71. The van der Waals surface area contributed by atoms with Gasteiger partial charge in [-0.25, -0.2) is 5.10 Å². The van der Waals surface area contributed by atoms with Gasteiger partial charge >= 0.3 is 0 Å².